The number of nitrogens with one attached hydrogen (secondary N) is 1. The summed E-state index contributed by atoms with van der Waals surface area (Å²) in [5.41, 5.74) is 0.925. The van der Waals surface area contributed by atoms with Gasteiger partial charge in [0.05, 0.1) is 6.26 Å². The zero-order valence-corrected chi connectivity index (χ0v) is 14.7. The van der Waals surface area contributed by atoms with Crippen molar-refractivity contribution in [2.45, 2.75) is 51.1 Å². The Kier molecular flexibility index (Phi) is 6.18. The molecule has 1 atom stereocenters. The summed E-state index contributed by atoms with van der Waals surface area (Å²) in [6.07, 6.45) is 5.77. The number of carbonyl (C=O) groups is 1. The van der Waals surface area contributed by atoms with Crippen LogP contribution in [0.3, 0.4) is 0 Å². The second-order valence-corrected chi connectivity index (χ2v) is 8.19. The van der Waals surface area contributed by atoms with Gasteiger partial charge in [0.1, 0.15) is 0 Å². The third kappa shape index (κ3) is 5.32. The Morgan fingerprint density at radius 1 is 1.26 bits per heavy atom. The molecule has 1 aromatic carbocycles. The number of sulfonamides is 1. The monoisotopic (exact) mass is 338 g/mol. The number of nitrogens with zero attached hydrogens (tertiary/aromatic N) is 1. The summed E-state index contributed by atoms with van der Waals surface area (Å²) in [5.74, 6) is -0.0641. The average Bonchev–Trinajstić information content (AvgIpc) is 2.99. The maximum absolute atomic E-state index is 12.1. The molecule has 0 heterocycles. The molecule has 5 nitrogen and oxygen atoms in total. The lowest BCUT2D eigenvalue weighted by molar-refractivity contribution is -0.121. The summed E-state index contributed by atoms with van der Waals surface area (Å²) in [7, 11) is -3.38. The van der Waals surface area contributed by atoms with Crippen LogP contribution in [0.25, 0.3) is 0 Å². The molecule has 1 unspecified atom stereocenters. The predicted octanol–water partition coefficient (Wildman–Crippen LogP) is 2.46. The second kappa shape index (κ2) is 7.93. The smallest absolute Gasteiger partial charge is 0.221 e. The van der Waals surface area contributed by atoms with Gasteiger partial charge in [0, 0.05) is 25.0 Å². The molecule has 1 aliphatic carbocycles. The molecule has 0 radical (unpaired) electrons. The summed E-state index contributed by atoms with van der Waals surface area (Å²) in [5, 5.41) is 3.00. The SMILES string of the molecule is CC(c1ccccc1)N(CCC(=O)NC1CCCC1)S(C)(=O)=O. The average molecular weight is 338 g/mol. The number of benzene rings is 1. The highest BCUT2D eigenvalue weighted by molar-refractivity contribution is 7.88. The fraction of sp³-hybridized carbons (Fsp3) is 0.588. The lowest BCUT2D eigenvalue weighted by atomic mass is 10.1. The van der Waals surface area contributed by atoms with Crippen molar-refractivity contribution in [3.8, 4) is 0 Å². The van der Waals surface area contributed by atoms with Gasteiger partial charge in [0.25, 0.3) is 0 Å². The van der Waals surface area contributed by atoms with Crippen molar-refractivity contribution >= 4 is 15.9 Å². The molecule has 23 heavy (non-hydrogen) atoms. The van der Waals surface area contributed by atoms with E-state index in [2.05, 4.69) is 5.32 Å². The number of rotatable bonds is 7. The first kappa shape index (κ1) is 17.9. The summed E-state index contributed by atoms with van der Waals surface area (Å²) in [4.78, 5) is 12.1. The van der Waals surface area contributed by atoms with E-state index < -0.39 is 10.0 Å². The highest BCUT2D eigenvalue weighted by Gasteiger charge is 2.25. The Morgan fingerprint density at radius 3 is 2.43 bits per heavy atom. The van der Waals surface area contributed by atoms with Crippen LogP contribution >= 0.6 is 0 Å². The van der Waals surface area contributed by atoms with Gasteiger partial charge < -0.3 is 5.32 Å². The number of hydrogen-bond acceptors (Lipinski definition) is 3. The summed E-state index contributed by atoms with van der Waals surface area (Å²) in [6, 6.07) is 9.46. The van der Waals surface area contributed by atoms with Gasteiger partial charge in [0.2, 0.25) is 15.9 Å². The highest BCUT2D eigenvalue weighted by atomic mass is 32.2. The molecule has 1 saturated carbocycles. The van der Waals surface area contributed by atoms with Crippen molar-refractivity contribution < 1.29 is 13.2 Å². The van der Waals surface area contributed by atoms with Gasteiger partial charge in [-0.15, -0.1) is 0 Å². The molecule has 0 aliphatic heterocycles. The predicted molar refractivity (Wildman–Crippen MR) is 91.4 cm³/mol. The van der Waals surface area contributed by atoms with E-state index in [1.54, 1.807) is 0 Å². The van der Waals surface area contributed by atoms with Crippen molar-refractivity contribution in [1.29, 1.82) is 0 Å². The first-order valence-corrected chi connectivity index (χ1v) is 10.0. The maximum atomic E-state index is 12.1. The minimum absolute atomic E-state index is 0.0641. The summed E-state index contributed by atoms with van der Waals surface area (Å²) in [6.45, 7) is 2.05. The third-order valence-electron chi connectivity index (χ3n) is 4.42. The van der Waals surface area contributed by atoms with Crippen molar-refractivity contribution in [3.05, 3.63) is 35.9 Å². The van der Waals surface area contributed by atoms with Crippen LogP contribution in [-0.4, -0.2) is 37.5 Å². The van der Waals surface area contributed by atoms with Gasteiger partial charge in [-0.3, -0.25) is 4.79 Å². The number of amides is 1. The minimum atomic E-state index is -3.38. The van der Waals surface area contributed by atoms with E-state index in [0.29, 0.717) is 0 Å². The van der Waals surface area contributed by atoms with Crippen LogP contribution in [0.4, 0.5) is 0 Å². The number of hydrogen-bond donors (Lipinski definition) is 1. The maximum Gasteiger partial charge on any atom is 0.221 e. The van der Waals surface area contributed by atoms with E-state index in [0.717, 1.165) is 31.2 Å². The quantitative estimate of drug-likeness (QED) is 0.830. The topological polar surface area (TPSA) is 66.5 Å². The summed E-state index contributed by atoms with van der Waals surface area (Å²) >= 11 is 0. The molecule has 0 saturated heterocycles. The fourth-order valence-electron chi connectivity index (χ4n) is 3.13. The Hall–Kier alpha value is -1.40. The van der Waals surface area contributed by atoms with E-state index in [9.17, 15) is 13.2 Å². The molecule has 0 bridgehead atoms. The van der Waals surface area contributed by atoms with Crippen molar-refractivity contribution in [1.82, 2.24) is 9.62 Å². The molecule has 1 amide bonds. The molecule has 0 spiro atoms. The largest absolute Gasteiger partial charge is 0.353 e. The molecule has 128 valence electrons. The molecule has 6 heteroatoms. The standard InChI is InChI=1S/C17H26N2O3S/c1-14(15-8-4-3-5-9-15)19(23(2,21)22)13-12-17(20)18-16-10-6-7-11-16/h3-5,8-9,14,16H,6-7,10-13H2,1-2H3,(H,18,20). The zero-order chi connectivity index (χ0) is 16.9. The molecular formula is C17H26N2O3S. The van der Waals surface area contributed by atoms with Gasteiger partial charge in [-0.1, -0.05) is 43.2 Å². The van der Waals surface area contributed by atoms with Crippen LogP contribution in [0, 0.1) is 0 Å². The van der Waals surface area contributed by atoms with E-state index in [-0.39, 0.29) is 31.0 Å². The Labute approximate surface area is 139 Å². The molecule has 0 aromatic heterocycles. The normalized spacial score (nSPS) is 17.3. The van der Waals surface area contributed by atoms with Gasteiger partial charge >= 0.3 is 0 Å². The molecule has 1 fully saturated rings. The highest BCUT2D eigenvalue weighted by Crippen LogP contribution is 2.23. The lowest BCUT2D eigenvalue weighted by Gasteiger charge is -2.27. The molecule has 1 N–H and O–H groups in total. The van der Waals surface area contributed by atoms with Gasteiger partial charge in [-0.2, -0.15) is 4.31 Å². The van der Waals surface area contributed by atoms with Crippen molar-refractivity contribution in [2.24, 2.45) is 0 Å². The Morgan fingerprint density at radius 2 is 1.87 bits per heavy atom. The number of carbonyl (C=O) groups excluding carboxylic acids is 1. The van der Waals surface area contributed by atoms with Crippen LogP contribution in [0.1, 0.15) is 50.6 Å². The Bertz CT molecular complexity index is 610. The van der Waals surface area contributed by atoms with E-state index in [1.165, 1.54) is 10.6 Å². The van der Waals surface area contributed by atoms with Gasteiger partial charge in [-0.25, -0.2) is 8.42 Å². The summed E-state index contributed by atoms with van der Waals surface area (Å²) < 4.78 is 25.6. The molecule has 1 aromatic rings. The van der Waals surface area contributed by atoms with Crippen LogP contribution < -0.4 is 5.32 Å². The third-order valence-corrected chi connectivity index (χ3v) is 5.77. The molecule has 1 aliphatic rings. The van der Waals surface area contributed by atoms with Crippen LogP contribution in [-0.2, 0) is 14.8 Å². The van der Waals surface area contributed by atoms with E-state index in [1.807, 2.05) is 37.3 Å². The van der Waals surface area contributed by atoms with Crippen molar-refractivity contribution in [3.63, 3.8) is 0 Å². The van der Waals surface area contributed by atoms with E-state index >= 15 is 0 Å². The van der Waals surface area contributed by atoms with Crippen LogP contribution in [0.2, 0.25) is 0 Å². The first-order valence-electron chi connectivity index (χ1n) is 8.19. The van der Waals surface area contributed by atoms with Gasteiger partial charge in [0.15, 0.2) is 0 Å². The Balaban J connectivity index is 1.97. The molecular weight excluding hydrogens is 312 g/mol. The fourth-order valence-corrected chi connectivity index (χ4v) is 4.25. The minimum Gasteiger partial charge on any atom is -0.353 e. The second-order valence-electron chi connectivity index (χ2n) is 6.26. The van der Waals surface area contributed by atoms with Crippen molar-refractivity contribution in [2.75, 3.05) is 12.8 Å². The van der Waals surface area contributed by atoms with E-state index in [4.69, 9.17) is 0 Å². The lowest BCUT2D eigenvalue weighted by Crippen LogP contribution is -2.38. The van der Waals surface area contributed by atoms with Gasteiger partial charge in [-0.05, 0) is 25.3 Å². The first-order chi connectivity index (χ1) is 10.9. The zero-order valence-electron chi connectivity index (χ0n) is 13.9. The molecule has 2 rings (SSSR count). The van der Waals surface area contributed by atoms with Crippen LogP contribution in [0.15, 0.2) is 30.3 Å². The van der Waals surface area contributed by atoms with Crippen LogP contribution in [0.5, 0.6) is 0 Å².